The van der Waals surface area contributed by atoms with Crippen LogP contribution in [0.1, 0.15) is 253 Å². The zero-order valence-electron chi connectivity index (χ0n) is 39.9. The zero-order valence-corrected chi connectivity index (χ0v) is 39.9. The van der Waals surface area contributed by atoms with Crippen molar-refractivity contribution < 1.29 is 23.9 Å². The average molecular weight is 821 g/mol. The molecular weight excluding hydrogens is 721 g/mol. The molecule has 0 aromatic rings. The average Bonchev–Trinajstić information content (AvgIpc) is 3.22. The van der Waals surface area contributed by atoms with E-state index in [0.717, 1.165) is 70.9 Å². The number of carbonyl (C=O) groups excluding carboxylic acids is 3. The molecule has 0 radical (unpaired) electrons. The highest BCUT2D eigenvalue weighted by molar-refractivity contribution is 5.78. The molecule has 0 atom stereocenters. The van der Waals surface area contributed by atoms with Gasteiger partial charge in [-0.1, -0.05) is 221 Å². The Morgan fingerprint density at radius 1 is 0.379 bits per heavy atom. The molecule has 0 heterocycles. The third kappa shape index (κ3) is 34.1. The maximum atomic E-state index is 13.7. The normalized spacial score (nSPS) is 11.6. The van der Waals surface area contributed by atoms with E-state index in [0.29, 0.717) is 19.6 Å². The molecule has 0 N–H and O–H groups in total. The third-order valence-electron chi connectivity index (χ3n) is 12.2. The monoisotopic (exact) mass is 821 g/mol. The molecule has 0 saturated carbocycles. The predicted molar refractivity (Wildman–Crippen MR) is 248 cm³/mol. The van der Waals surface area contributed by atoms with Crippen LogP contribution in [0.4, 0.5) is 0 Å². The van der Waals surface area contributed by atoms with Gasteiger partial charge in [0.1, 0.15) is 13.2 Å². The summed E-state index contributed by atoms with van der Waals surface area (Å²) in [6, 6.07) is 0. The van der Waals surface area contributed by atoms with Gasteiger partial charge in [0, 0.05) is 0 Å². The Balaban J connectivity index is 5.39. The summed E-state index contributed by atoms with van der Waals surface area (Å²) in [6.07, 6.45) is 39.1. The summed E-state index contributed by atoms with van der Waals surface area (Å²) in [5, 5.41) is 0. The Labute approximate surface area is 361 Å². The smallest absolute Gasteiger partial charge is 0.308 e. The van der Waals surface area contributed by atoms with E-state index in [4.69, 9.17) is 9.47 Å². The first-order valence-corrected chi connectivity index (χ1v) is 25.7. The Bertz CT molecular complexity index is 819. The molecule has 344 valence electrons. The molecule has 0 aliphatic carbocycles. The molecule has 1 amide bonds. The second kappa shape index (κ2) is 43.5. The van der Waals surface area contributed by atoms with Gasteiger partial charge in [0.15, 0.2) is 0 Å². The standard InChI is InChI=1S/C51H100N2O5/c1-7-13-17-21-25-29-33-37-47(38-34-30-26-22-18-14-8-2)50(55)57-44-42-53(49(54)46-52(12-6)41-11-5)43-45-58-51(56)48(39-35-31-27-23-19-15-9-3)40-36-32-28-24-20-16-10-4/h47-48H,7-46H2,1-6H3. The fourth-order valence-corrected chi connectivity index (χ4v) is 8.22. The molecule has 7 heteroatoms. The quantitative estimate of drug-likeness (QED) is 0.0450. The van der Waals surface area contributed by atoms with Crippen LogP contribution in [-0.4, -0.2) is 73.6 Å². The highest BCUT2D eigenvalue weighted by Crippen LogP contribution is 2.23. The molecule has 0 aliphatic rings. The first-order chi connectivity index (χ1) is 28.4. The Kier molecular flexibility index (Phi) is 42.2. The fourth-order valence-electron chi connectivity index (χ4n) is 8.22. The van der Waals surface area contributed by atoms with Crippen LogP contribution in [0.2, 0.25) is 0 Å². The van der Waals surface area contributed by atoms with Gasteiger partial charge < -0.3 is 14.4 Å². The highest BCUT2D eigenvalue weighted by atomic mass is 16.5. The number of hydrogen-bond acceptors (Lipinski definition) is 6. The number of rotatable bonds is 45. The van der Waals surface area contributed by atoms with Crippen LogP contribution >= 0.6 is 0 Å². The van der Waals surface area contributed by atoms with E-state index in [1.54, 1.807) is 4.90 Å². The number of amides is 1. The number of unbranched alkanes of at least 4 members (excludes halogenated alkanes) is 24. The van der Waals surface area contributed by atoms with Gasteiger partial charge in [0.2, 0.25) is 5.91 Å². The predicted octanol–water partition coefficient (Wildman–Crippen LogP) is 14.4. The van der Waals surface area contributed by atoms with Crippen molar-refractivity contribution in [1.82, 2.24) is 9.80 Å². The van der Waals surface area contributed by atoms with Gasteiger partial charge in [0.25, 0.3) is 0 Å². The van der Waals surface area contributed by atoms with Crippen molar-refractivity contribution in [3.8, 4) is 0 Å². The first kappa shape index (κ1) is 56.4. The van der Waals surface area contributed by atoms with Crippen molar-refractivity contribution in [3.05, 3.63) is 0 Å². The Morgan fingerprint density at radius 3 is 0.948 bits per heavy atom. The lowest BCUT2D eigenvalue weighted by Gasteiger charge is -2.27. The Morgan fingerprint density at radius 2 is 0.672 bits per heavy atom. The molecule has 0 aromatic carbocycles. The maximum absolute atomic E-state index is 13.7. The van der Waals surface area contributed by atoms with Crippen LogP contribution in [0.3, 0.4) is 0 Å². The molecule has 58 heavy (non-hydrogen) atoms. The van der Waals surface area contributed by atoms with E-state index < -0.39 is 0 Å². The molecule has 0 bridgehead atoms. The SMILES string of the molecule is CCCCCCCCCC(CCCCCCCCC)C(=O)OCCN(CCOC(=O)C(CCCCCCCCC)CCCCCCCCC)C(=O)CN(CC)CCC. The Hall–Kier alpha value is -1.63. The van der Waals surface area contributed by atoms with E-state index in [9.17, 15) is 14.4 Å². The second-order valence-electron chi connectivity index (χ2n) is 17.6. The summed E-state index contributed by atoms with van der Waals surface area (Å²) in [7, 11) is 0. The van der Waals surface area contributed by atoms with Crippen molar-refractivity contribution in [3.63, 3.8) is 0 Å². The number of esters is 2. The number of hydrogen-bond donors (Lipinski definition) is 0. The lowest BCUT2D eigenvalue weighted by atomic mass is 9.94. The van der Waals surface area contributed by atoms with Gasteiger partial charge in [-0.05, 0) is 45.2 Å². The molecule has 0 unspecified atom stereocenters. The van der Waals surface area contributed by atoms with Gasteiger partial charge in [-0.3, -0.25) is 19.3 Å². The highest BCUT2D eigenvalue weighted by Gasteiger charge is 2.23. The van der Waals surface area contributed by atoms with Gasteiger partial charge in [-0.25, -0.2) is 0 Å². The third-order valence-corrected chi connectivity index (χ3v) is 12.2. The van der Waals surface area contributed by atoms with Crippen molar-refractivity contribution in [1.29, 1.82) is 0 Å². The van der Waals surface area contributed by atoms with Crippen LogP contribution in [0.15, 0.2) is 0 Å². The lowest BCUT2D eigenvalue weighted by molar-refractivity contribution is -0.152. The van der Waals surface area contributed by atoms with E-state index in [-0.39, 0.29) is 42.9 Å². The minimum Gasteiger partial charge on any atom is -0.464 e. The number of ether oxygens (including phenoxy) is 2. The van der Waals surface area contributed by atoms with E-state index >= 15 is 0 Å². The van der Waals surface area contributed by atoms with Gasteiger partial charge in [0.05, 0.1) is 31.5 Å². The van der Waals surface area contributed by atoms with E-state index in [1.807, 2.05) is 0 Å². The molecular formula is C51H100N2O5. The van der Waals surface area contributed by atoms with Gasteiger partial charge in [-0.15, -0.1) is 0 Å². The molecule has 0 aromatic heterocycles. The number of likely N-dealkylation sites (N-methyl/N-ethyl adjacent to an activating group) is 1. The molecule has 0 rings (SSSR count). The van der Waals surface area contributed by atoms with Gasteiger partial charge >= 0.3 is 11.9 Å². The van der Waals surface area contributed by atoms with Crippen LogP contribution in [-0.2, 0) is 23.9 Å². The molecule has 0 saturated heterocycles. The van der Waals surface area contributed by atoms with Crippen LogP contribution < -0.4 is 0 Å². The minimum absolute atomic E-state index is 0.00721. The molecule has 7 nitrogen and oxygen atoms in total. The second-order valence-corrected chi connectivity index (χ2v) is 17.6. The van der Waals surface area contributed by atoms with Crippen LogP contribution in [0, 0.1) is 11.8 Å². The van der Waals surface area contributed by atoms with Crippen molar-refractivity contribution in [2.24, 2.45) is 11.8 Å². The summed E-state index contributed by atoms with van der Waals surface area (Å²) in [4.78, 5) is 44.7. The van der Waals surface area contributed by atoms with Crippen LogP contribution in [0.25, 0.3) is 0 Å². The van der Waals surface area contributed by atoms with Crippen molar-refractivity contribution >= 4 is 17.8 Å². The fraction of sp³-hybridized carbons (Fsp3) is 0.941. The summed E-state index contributed by atoms with van der Waals surface area (Å²) in [5.41, 5.74) is 0. The zero-order chi connectivity index (χ0) is 42.7. The van der Waals surface area contributed by atoms with Crippen molar-refractivity contribution in [2.45, 2.75) is 253 Å². The lowest BCUT2D eigenvalue weighted by Crippen LogP contribution is -2.44. The summed E-state index contributed by atoms with van der Waals surface area (Å²) < 4.78 is 11.9. The van der Waals surface area contributed by atoms with E-state index in [2.05, 4.69) is 46.4 Å². The summed E-state index contributed by atoms with van der Waals surface area (Å²) >= 11 is 0. The number of carbonyl (C=O) groups is 3. The maximum Gasteiger partial charge on any atom is 0.308 e. The van der Waals surface area contributed by atoms with Crippen LogP contribution in [0.5, 0.6) is 0 Å². The first-order valence-electron chi connectivity index (χ1n) is 25.7. The topological polar surface area (TPSA) is 76.1 Å². The molecule has 0 spiro atoms. The summed E-state index contributed by atoms with van der Waals surface area (Å²) in [5.74, 6) is -0.332. The van der Waals surface area contributed by atoms with Gasteiger partial charge in [-0.2, -0.15) is 0 Å². The van der Waals surface area contributed by atoms with Crippen molar-refractivity contribution in [2.75, 3.05) is 45.9 Å². The minimum atomic E-state index is -0.101. The van der Waals surface area contributed by atoms with E-state index in [1.165, 1.54) is 154 Å². The summed E-state index contributed by atoms with van der Waals surface area (Å²) in [6.45, 7) is 16.2. The molecule has 0 fully saturated rings. The molecule has 0 aliphatic heterocycles. The largest absolute Gasteiger partial charge is 0.464 e. The number of nitrogens with zero attached hydrogens (tertiary/aromatic N) is 2.